The summed E-state index contributed by atoms with van der Waals surface area (Å²) in [5.41, 5.74) is 4.57. The minimum Gasteiger partial charge on any atom is -0.733 e. The van der Waals surface area contributed by atoms with Crippen LogP contribution in [-0.4, -0.2) is 39.2 Å². The van der Waals surface area contributed by atoms with Crippen LogP contribution in [0.15, 0.2) is 60.7 Å². The number of allylic oxidation sites excluding steroid dienone is 1. The molecule has 0 bridgehead atoms. The summed E-state index contributed by atoms with van der Waals surface area (Å²) in [6.45, 7) is 3.89. The van der Waals surface area contributed by atoms with Crippen molar-refractivity contribution in [2.45, 2.75) is 32.2 Å². The quantitative estimate of drug-likeness (QED) is 0.200. The van der Waals surface area contributed by atoms with Gasteiger partial charge < -0.3 is 25.8 Å². The number of anilines is 2. The molecule has 0 aliphatic heterocycles. The molecule has 0 amide bonds. The second-order valence-electron chi connectivity index (χ2n) is 8.26. The molecular formula is C25H26N5O4S-. The Hall–Kier alpha value is -3.73. The highest BCUT2D eigenvalue weighted by Crippen LogP contribution is 2.35. The maximum absolute atomic E-state index is 11.8. The molecule has 1 aromatic heterocycles. The van der Waals surface area contributed by atoms with Crippen LogP contribution in [0.3, 0.4) is 0 Å². The van der Waals surface area contributed by atoms with Crippen molar-refractivity contribution in [1.82, 2.24) is 15.1 Å². The number of esters is 1. The number of methoxy groups -OCH3 is 1. The van der Waals surface area contributed by atoms with Crippen molar-refractivity contribution in [3.63, 3.8) is 0 Å². The van der Waals surface area contributed by atoms with Gasteiger partial charge in [0.1, 0.15) is 0 Å². The summed E-state index contributed by atoms with van der Waals surface area (Å²) in [6, 6.07) is 13.7. The minimum absolute atomic E-state index is 0.00722. The Morgan fingerprint density at radius 1 is 1.23 bits per heavy atom. The van der Waals surface area contributed by atoms with E-state index in [9.17, 15) is 15.2 Å². The lowest BCUT2D eigenvalue weighted by Crippen LogP contribution is -2.35. The maximum atomic E-state index is 11.8. The number of ether oxygens (including phenoxy) is 1. The van der Waals surface area contributed by atoms with Gasteiger partial charge >= 0.3 is 5.97 Å². The number of aromatic nitrogens is 2. The zero-order valence-electron chi connectivity index (χ0n) is 19.6. The fraction of sp³-hybridized carbons (Fsp3) is 0.240. The Bertz CT molecular complexity index is 1290. The van der Waals surface area contributed by atoms with E-state index in [0.717, 1.165) is 23.4 Å². The molecule has 1 aliphatic rings. The number of aryl methyl sites for hydroxylation is 1. The zero-order valence-corrected chi connectivity index (χ0v) is 20.4. The summed E-state index contributed by atoms with van der Waals surface area (Å²) in [4.78, 5) is 11.8. The molecule has 2 atom stereocenters. The van der Waals surface area contributed by atoms with E-state index in [4.69, 9.17) is 17.0 Å². The summed E-state index contributed by atoms with van der Waals surface area (Å²) in [7, 11) is 1.34. The van der Waals surface area contributed by atoms with Crippen molar-refractivity contribution in [3.8, 4) is 5.69 Å². The number of para-hydroxylation sites is 2. The van der Waals surface area contributed by atoms with Crippen LogP contribution < -0.4 is 15.9 Å². The molecule has 1 heterocycles. The van der Waals surface area contributed by atoms with E-state index >= 15 is 0 Å². The SMILES string of the molecule is COC(=O)c1cccc(NC(=S)N[C@@H]2C=C[C@@H](c3c(C)nn(-c4ccccc4N([O-])O)c3C)C2)c1. The van der Waals surface area contributed by atoms with E-state index in [1.54, 1.807) is 47.1 Å². The van der Waals surface area contributed by atoms with Gasteiger partial charge in [-0.05, 0) is 62.8 Å². The van der Waals surface area contributed by atoms with Crippen LogP contribution in [0.2, 0.25) is 0 Å². The van der Waals surface area contributed by atoms with Crippen molar-refractivity contribution < 1.29 is 14.7 Å². The summed E-state index contributed by atoms with van der Waals surface area (Å²) in [5.74, 6) is -0.304. The van der Waals surface area contributed by atoms with Gasteiger partial charge in [-0.1, -0.05) is 30.4 Å². The van der Waals surface area contributed by atoms with Gasteiger partial charge in [-0.3, -0.25) is 5.21 Å². The molecule has 0 spiro atoms. The number of thiocarbonyl (C=S) groups is 1. The van der Waals surface area contributed by atoms with E-state index in [-0.39, 0.29) is 22.9 Å². The molecule has 0 radical (unpaired) electrons. The molecule has 2 aromatic carbocycles. The van der Waals surface area contributed by atoms with Gasteiger partial charge in [-0.25, -0.2) is 9.48 Å². The summed E-state index contributed by atoms with van der Waals surface area (Å²) < 4.78 is 6.45. The van der Waals surface area contributed by atoms with Gasteiger partial charge in [0.15, 0.2) is 5.11 Å². The monoisotopic (exact) mass is 492 g/mol. The van der Waals surface area contributed by atoms with Gasteiger partial charge in [0.05, 0.1) is 29.7 Å². The molecular weight excluding hydrogens is 466 g/mol. The summed E-state index contributed by atoms with van der Waals surface area (Å²) in [6.07, 6.45) is 4.96. The van der Waals surface area contributed by atoms with Crippen LogP contribution in [0.1, 0.15) is 39.6 Å². The predicted octanol–water partition coefficient (Wildman–Crippen LogP) is 4.37. The Labute approximate surface area is 208 Å². The van der Waals surface area contributed by atoms with Gasteiger partial charge in [0.2, 0.25) is 0 Å². The molecule has 35 heavy (non-hydrogen) atoms. The van der Waals surface area contributed by atoms with Crippen molar-refractivity contribution in [2.24, 2.45) is 0 Å². The third-order valence-corrected chi connectivity index (χ3v) is 6.20. The molecule has 4 rings (SSSR count). The Morgan fingerprint density at radius 2 is 2.00 bits per heavy atom. The lowest BCUT2D eigenvalue weighted by molar-refractivity contribution is 0.0601. The van der Waals surface area contributed by atoms with Crippen LogP contribution in [0.25, 0.3) is 5.69 Å². The summed E-state index contributed by atoms with van der Waals surface area (Å²) in [5, 5.41) is 32.5. The highest BCUT2D eigenvalue weighted by atomic mass is 32.1. The maximum Gasteiger partial charge on any atom is 0.337 e. The molecule has 9 nitrogen and oxygen atoms in total. The second kappa shape index (κ2) is 10.3. The topological polar surface area (TPSA) is 115 Å². The first-order valence-corrected chi connectivity index (χ1v) is 11.4. The third kappa shape index (κ3) is 5.19. The van der Waals surface area contributed by atoms with Crippen molar-refractivity contribution in [2.75, 3.05) is 17.7 Å². The van der Waals surface area contributed by atoms with Crippen LogP contribution in [0, 0.1) is 19.1 Å². The molecule has 3 aromatic rings. The smallest absolute Gasteiger partial charge is 0.337 e. The minimum atomic E-state index is -0.412. The predicted molar refractivity (Wildman–Crippen MR) is 138 cm³/mol. The fourth-order valence-electron chi connectivity index (χ4n) is 4.43. The summed E-state index contributed by atoms with van der Waals surface area (Å²) >= 11 is 5.48. The molecule has 0 saturated heterocycles. The molecule has 1 aliphatic carbocycles. The molecule has 3 N–H and O–H groups in total. The van der Waals surface area contributed by atoms with Gasteiger partial charge in [0.25, 0.3) is 0 Å². The fourth-order valence-corrected chi connectivity index (χ4v) is 4.70. The molecule has 0 saturated carbocycles. The molecule has 0 fully saturated rings. The average Bonchev–Trinajstić information content (AvgIpc) is 3.41. The number of hydrogen-bond acceptors (Lipinski definition) is 7. The second-order valence-corrected chi connectivity index (χ2v) is 8.67. The van der Waals surface area contributed by atoms with Crippen LogP contribution >= 0.6 is 12.2 Å². The number of hydrogen-bond donors (Lipinski definition) is 3. The van der Waals surface area contributed by atoms with Crippen molar-refractivity contribution >= 4 is 34.7 Å². The van der Waals surface area contributed by atoms with Crippen molar-refractivity contribution in [3.05, 3.63) is 88.4 Å². The number of carbonyl (C=O) groups excluding carboxylic acids is 1. The molecule has 0 unspecified atom stereocenters. The van der Waals surface area contributed by atoms with Crippen LogP contribution in [0.4, 0.5) is 11.4 Å². The van der Waals surface area contributed by atoms with E-state index < -0.39 is 5.97 Å². The lowest BCUT2D eigenvalue weighted by atomic mass is 9.96. The Morgan fingerprint density at radius 3 is 2.74 bits per heavy atom. The van der Waals surface area contributed by atoms with Crippen LogP contribution in [0.5, 0.6) is 0 Å². The number of carbonyl (C=O) groups is 1. The van der Waals surface area contributed by atoms with Crippen LogP contribution in [-0.2, 0) is 4.74 Å². The molecule has 10 heteroatoms. The van der Waals surface area contributed by atoms with Gasteiger partial charge in [-0.15, -0.1) is 0 Å². The standard InChI is InChI=1S/C25H26N5O4S/c1-15-23(16(2)29(28-15)21-9-4-5-10-22(21)30(32)33)17-11-12-20(13-17)27-25(35)26-19-8-6-7-18(14-19)24(31)34-3/h4-12,14,17,20,32H,13H2,1-3H3,(H2,26,27,35)/q-1/t17-,20-/m1/s1. The number of benzene rings is 2. The first-order valence-electron chi connectivity index (χ1n) is 11.0. The van der Waals surface area contributed by atoms with Crippen molar-refractivity contribution in [1.29, 1.82) is 0 Å². The van der Waals surface area contributed by atoms with E-state index in [0.29, 0.717) is 22.1 Å². The lowest BCUT2D eigenvalue weighted by Gasteiger charge is -2.24. The average molecular weight is 493 g/mol. The zero-order chi connectivity index (χ0) is 25.1. The number of nitrogens with zero attached hydrogens (tertiary/aromatic N) is 3. The number of nitrogens with one attached hydrogen (secondary N) is 2. The van der Waals surface area contributed by atoms with Gasteiger partial charge in [-0.2, -0.15) is 5.10 Å². The van der Waals surface area contributed by atoms with Gasteiger partial charge in [0, 0.05) is 28.9 Å². The normalized spacial score (nSPS) is 16.7. The first-order chi connectivity index (χ1) is 16.8. The highest BCUT2D eigenvalue weighted by Gasteiger charge is 2.27. The van der Waals surface area contributed by atoms with E-state index in [1.165, 1.54) is 7.11 Å². The Kier molecular flexibility index (Phi) is 7.15. The largest absolute Gasteiger partial charge is 0.733 e. The van der Waals surface area contributed by atoms with E-state index in [1.807, 2.05) is 19.9 Å². The third-order valence-electron chi connectivity index (χ3n) is 5.98. The Balaban J connectivity index is 1.45. The number of rotatable bonds is 6. The van der Waals surface area contributed by atoms with E-state index in [2.05, 4.69) is 27.9 Å². The first kappa shape index (κ1) is 24.4. The molecule has 182 valence electrons. The highest BCUT2D eigenvalue weighted by molar-refractivity contribution is 7.80.